The molecule has 4 nitrogen and oxygen atoms in total. The lowest BCUT2D eigenvalue weighted by Gasteiger charge is -2.16. The molecule has 1 aromatic carbocycles. The van der Waals surface area contributed by atoms with E-state index in [2.05, 4.69) is 15.6 Å². The number of carbonyl (C=O) groups excluding carboxylic acids is 1. The van der Waals surface area contributed by atoms with Gasteiger partial charge in [0.15, 0.2) is 0 Å². The molecule has 24 heavy (non-hydrogen) atoms. The molecule has 1 aromatic heterocycles. The van der Waals surface area contributed by atoms with Crippen LogP contribution in [-0.4, -0.2) is 16.9 Å². The third-order valence-corrected chi connectivity index (χ3v) is 4.58. The maximum absolute atomic E-state index is 12.5. The first-order valence-electron chi connectivity index (χ1n) is 8.49. The van der Waals surface area contributed by atoms with Crippen molar-refractivity contribution in [3.8, 4) is 0 Å². The van der Waals surface area contributed by atoms with E-state index in [9.17, 15) is 4.79 Å². The second kappa shape index (κ2) is 8.15. The predicted molar refractivity (Wildman–Crippen MR) is 97.9 cm³/mol. The normalized spacial score (nSPS) is 15.5. The summed E-state index contributed by atoms with van der Waals surface area (Å²) in [5.41, 5.74) is 2.27. The number of aromatic nitrogens is 1. The van der Waals surface area contributed by atoms with Crippen LogP contribution in [0.1, 0.15) is 48.9 Å². The Balaban J connectivity index is 1.65. The van der Waals surface area contributed by atoms with E-state index in [0.717, 1.165) is 24.2 Å². The van der Waals surface area contributed by atoms with Gasteiger partial charge in [-0.1, -0.05) is 37.3 Å². The van der Waals surface area contributed by atoms with Crippen molar-refractivity contribution in [2.45, 2.75) is 44.6 Å². The van der Waals surface area contributed by atoms with Gasteiger partial charge in [-0.15, -0.1) is 0 Å². The minimum absolute atomic E-state index is 0.0471. The summed E-state index contributed by atoms with van der Waals surface area (Å²) in [5, 5.41) is 7.08. The zero-order valence-corrected chi connectivity index (χ0v) is 14.4. The fourth-order valence-corrected chi connectivity index (χ4v) is 3.15. The minimum Gasteiger partial charge on any atom is -0.354 e. The van der Waals surface area contributed by atoms with Crippen molar-refractivity contribution in [2.24, 2.45) is 0 Å². The summed E-state index contributed by atoms with van der Waals surface area (Å²) in [6.07, 6.45) is 10.4. The van der Waals surface area contributed by atoms with E-state index in [4.69, 9.17) is 11.6 Å². The second-order valence-corrected chi connectivity index (χ2v) is 6.69. The average molecular weight is 344 g/mol. The molecule has 2 N–H and O–H groups in total. The van der Waals surface area contributed by atoms with Gasteiger partial charge in [-0.3, -0.25) is 9.78 Å². The summed E-state index contributed by atoms with van der Waals surface area (Å²) in [7, 11) is 0. The topological polar surface area (TPSA) is 54.0 Å². The van der Waals surface area contributed by atoms with E-state index in [1.54, 1.807) is 12.4 Å². The fraction of sp³-hybridized carbons (Fsp3) is 0.368. The van der Waals surface area contributed by atoms with Crippen LogP contribution in [0.5, 0.6) is 0 Å². The fourth-order valence-electron chi connectivity index (χ4n) is 3.02. The molecule has 126 valence electrons. The van der Waals surface area contributed by atoms with E-state index < -0.39 is 0 Å². The molecule has 0 spiro atoms. The summed E-state index contributed by atoms with van der Waals surface area (Å²) in [5.74, 6) is -0.0471. The lowest BCUT2D eigenvalue weighted by molar-refractivity contribution is 0.0933. The average Bonchev–Trinajstić information content (AvgIpc) is 2.86. The molecule has 1 amide bonds. The van der Waals surface area contributed by atoms with Crippen molar-refractivity contribution in [2.75, 3.05) is 5.32 Å². The maximum atomic E-state index is 12.5. The zero-order valence-electron chi connectivity index (χ0n) is 13.6. The molecule has 1 aliphatic rings. The highest BCUT2D eigenvalue weighted by Gasteiger charge is 2.16. The number of rotatable bonds is 4. The Morgan fingerprint density at radius 3 is 2.42 bits per heavy atom. The van der Waals surface area contributed by atoms with Crippen molar-refractivity contribution < 1.29 is 4.79 Å². The highest BCUT2D eigenvalue weighted by molar-refractivity contribution is 6.30. The molecule has 2 aromatic rings. The molecule has 1 aliphatic carbocycles. The van der Waals surface area contributed by atoms with E-state index in [1.165, 1.54) is 25.7 Å². The quantitative estimate of drug-likeness (QED) is 0.774. The Labute approximate surface area is 147 Å². The number of nitrogens with zero attached hydrogens (tertiary/aromatic N) is 1. The predicted octanol–water partition coefficient (Wildman–Crippen LogP) is 4.93. The Hall–Kier alpha value is -2.07. The van der Waals surface area contributed by atoms with E-state index in [1.807, 2.05) is 30.3 Å². The molecular formula is C19H22ClN3O. The summed E-state index contributed by atoms with van der Waals surface area (Å²) in [6.45, 7) is 0. The molecule has 5 heteroatoms. The van der Waals surface area contributed by atoms with E-state index in [-0.39, 0.29) is 11.9 Å². The first-order chi connectivity index (χ1) is 11.7. The number of hydrogen-bond acceptors (Lipinski definition) is 3. The summed E-state index contributed by atoms with van der Waals surface area (Å²) in [4.78, 5) is 16.7. The number of hydrogen-bond donors (Lipinski definition) is 2. The maximum Gasteiger partial charge on any atom is 0.253 e. The zero-order chi connectivity index (χ0) is 16.8. The molecule has 3 rings (SSSR count). The highest BCUT2D eigenvalue weighted by Crippen LogP contribution is 2.20. The largest absolute Gasteiger partial charge is 0.354 e. The molecule has 0 aliphatic heterocycles. The summed E-state index contributed by atoms with van der Waals surface area (Å²) >= 11 is 5.89. The van der Waals surface area contributed by atoms with Crippen LogP contribution >= 0.6 is 11.6 Å². The van der Waals surface area contributed by atoms with Crippen molar-refractivity contribution in [1.82, 2.24) is 10.3 Å². The Morgan fingerprint density at radius 1 is 1.00 bits per heavy atom. The monoisotopic (exact) mass is 343 g/mol. The Kier molecular flexibility index (Phi) is 5.70. The number of amides is 1. The van der Waals surface area contributed by atoms with Gasteiger partial charge in [0.1, 0.15) is 0 Å². The van der Waals surface area contributed by atoms with Gasteiger partial charge < -0.3 is 10.6 Å². The number of halogens is 1. The second-order valence-electron chi connectivity index (χ2n) is 6.26. The SMILES string of the molecule is O=C(NC1CCCCCC1)c1cncc(Nc2ccc(Cl)cc2)c1. The molecule has 1 heterocycles. The molecule has 0 radical (unpaired) electrons. The standard InChI is InChI=1S/C19H22ClN3O/c20-15-7-9-17(10-8-15)22-18-11-14(12-21-13-18)19(24)23-16-5-3-1-2-4-6-16/h7-13,16,22H,1-6H2,(H,23,24). The van der Waals surface area contributed by atoms with E-state index >= 15 is 0 Å². The molecule has 0 atom stereocenters. The summed E-state index contributed by atoms with van der Waals surface area (Å²) < 4.78 is 0. The number of nitrogens with one attached hydrogen (secondary N) is 2. The van der Waals surface area contributed by atoms with Crippen molar-refractivity contribution in [3.63, 3.8) is 0 Å². The van der Waals surface area contributed by atoms with Crippen LogP contribution in [0.4, 0.5) is 11.4 Å². The third-order valence-electron chi connectivity index (χ3n) is 4.32. The Morgan fingerprint density at radius 2 is 1.71 bits per heavy atom. The summed E-state index contributed by atoms with van der Waals surface area (Å²) in [6, 6.07) is 9.53. The van der Waals surface area contributed by atoms with Crippen LogP contribution in [0, 0.1) is 0 Å². The van der Waals surface area contributed by atoms with Gasteiger partial charge in [-0.05, 0) is 43.2 Å². The van der Waals surface area contributed by atoms with Gasteiger partial charge in [0, 0.05) is 22.9 Å². The van der Waals surface area contributed by atoms with Gasteiger partial charge in [0.2, 0.25) is 0 Å². The number of pyridine rings is 1. The van der Waals surface area contributed by atoms with Crippen LogP contribution < -0.4 is 10.6 Å². The van der Waals surface area contributed by atoms with Crippen molar-refractivity contribution in [3.05, 3.63) is 53.3 Å². The number of anilines is 2. The van der Waals surface area contributed by atoms with Crippen LogP contribution in [-0.2, 0) is 0 Å². The van der Waals surface area contributed by atoms with Gasteiger partial charge in [-0.2, -0.15) is 0 Å². The minimum atomic E-state index is -0.0471. The smallest absolute Gasteiger partial charge is 0.253 e. The molecule has 0 unspecified atom stereocenters. The van der Waals surface area contributed by atoms with Gasteiger partial charge >= 0.3 is 0 Å². The van der Waals surface area contributed by atoms with Gasteiger partial charge in [0.05, 0.1) is 17.4 Å². The number of carbonyl (C=O) groups is 1. The van der Waals surface area contributed by atoms with Crippen LogP contribution in [0.3, 0.4) is 0 Å². The lowest BCUT2D eigenvalue weighted by atomic mass is 10.1. The van der Waals surface area contributed by atoms with Crippen molar-refractivity contribution >= 4 is 28.9 Å². The van der Waals surface area contributed by atoms with E-state index in [0.29, 0.717) is 10.6 Å². The first kappa shape index (κ1) is 16.8. The molecule has 1 saturated carbocycles. The Bertz CT molecular complexity index is 679. The molecular weight excluding hydrogens is 322 g/mol. The molecule has 0 bridgehead atoms. The lowest BCUT2D eigenvalue weighted by Crippen LogP contribution is -2.34. The van der Waals surface area contributed by atoms with Gasteiger partial charge in [-0.25, -0.2) is 0 Å². The highest BCUT2D eigenvalue weighted by atomic mass is 35.5. The number of benzene rings is 1. The van der Waals surface area contributed by atoms with Gasteiger partial charge in [0.25, 0.3) is 5.91 Å². The molecule has 0 saturated heterocycles. The molecule has 1 fully saturated rings. The first-order valence-corrected chi connectivity index (χ1v) is 8.87. The van der Waals surface area contributed by atoms with Crippen LogP contribution in [0.15, 0.2) is 42.7 Å². The van der Waals surface area contributed by atoms with Crippen LogP contribution in [0.25, 0.3) is 0 Å². The van der Waals surface area contributed by atoms with Crippen LogP contribution in [0.2, 0.25) is 5.02 Å². The third kappa shape index (κ3) is 4.71. The van der Waals surface area contributed by atoms with Crippen molar-refractivity contribution in [1.29, 1.82) is 0 Å².